The molecule has 2 aromatic rings. The fourth-order valence-electron chi connectivity index (χ4n) is 1.76. The maximum absolute atomic E-state index is 11.9. The average molecular weight is 360 g/mol. The Morgan fingerprint density at radius 1 is 1.27 bits per heavy atom. The van der Waals surface area contributed by atoms with Crippen LogP contribution in [0.5, 0.6) is 5.75 Å². The molecule has 1 atom stereocenters. The Bertz CT molecular complexity index is 665. The smallest absolute Gasteiger partial charge is 0.258 e. The van der Waals surface area contributed by atoms with Crippen LogP contribution in [-0.2, 0) is 4.79 Å². The van der Waals surface area contributed by atoms with Crippen molar-refractivity contribution < 1.29 is 9.53 Å². The molecule has 0 radical (unpaired) electrons. The van der Waals surface area contributed by atoms with Gasteiger partial charge in [-0.15, -0.1) is 0 Å². The van der Waals surface area contributed by atoms with Gasteiger partial charge in [0.05, 0.1) is 21.1 Å². The molecule has 1 unspecified atom stereocenters. The van der Waals surface area contributed by atoms with Crippen LogP contribution in [0.2, 0.25) is 15.1 Å². The average Bonchev–Trinajstić information content (AvgIpc) is 2.50. The van der Waals surface area contributed by atoms with Gasteiger partial charge in [0.2, 0.25) is 0 Å². The second-order valence-corrected chi connectivity index (χ2v) is 5.78. The molecule has 1 amide bonds. The second-order valence-electron chi connectivity index (χ2n) is 4.56. The highest BCUT2D eigenvalue weighted by Gasteiger charge is 2.12. The van der Waals surface area contributed by atoms with E-state index in [1.807, 2.05) is 19.1 Å². The van der Waals surface area contributed by atoms with Gasteiger partial charge in [-0.25, -0.2) is 0 Å². The molecule has 116 valence electrons. The number of ether oxygens (including phenoxy) is 1. The summed E-state index contributed by atoms with van der Waals surface area (Å²) in [6.07, 6.45) is 3.37. The highest BCUT2D eigenvalue weighted by atomic mass is 35.5. The van der Waals surface area contributed by atoms with Crippen LogP contribution in [0, 0.1) is 0 Å². The molecule has 7 heteroatoms. The summed E-state index contributed by atoms with van der Waals surface area (Å²) in [6, 6.07) is 6.47. The summed E-state index contributed by atoms with van der Waals surface area (Å²) in [5, 5.41) is 3.74. The maximum atomic E-state index is 11.9. The fourth-order valence-corrected chi connectivity index (χ4v) is 2.35. The highest BCUT2D eigenvalue weighted by Crippen LogP contribution is 2.33. The van der Waals surface area contributed by atoms with Crippen molar-refractivity contribution in [3.8, 4) is 5.75 Å². The van der Waals surface area contributed by atoms with Crippen molar-refractivity contribution in [2.45, 2.75) is 13.0 Å². The Labute approximate surface area is 143 Å². The number of rotatable bonds is 5. The third-order valence-corrected chi connectivity index (χ3v) is 3.91. The Balaban J connectivity index is 1.92. The van der Waals surface area contributed by atoms with Crippen LogP contribution in [0.4, 0.5) is 0 Å². The van der Waals surface area contributed by atoms with Crippen molar-refractivity contribution >= 4 is 40.7 Å². The summed E-state index contributed by atoms with van der Waals surface area (Å²) in [6.45, 7) is 1.68. The zero-order valence-electron chi connectivity index (χ0n) is 11.6. The number of nitrogens with zero attached hydrogens (tertiary/aromatic N) is 1. The van der Waals surface area contributed by atoms with E-state index in [0.29, 0.717) is 20.8 Å². The van der Waals surface area contributed by atoms with Crippen molar-refractivity contribution in [2.75, 3.05) is 6.61 Å². The van der Waals surface area contributed by atoms with Crippen molar-refractivity contribution in [1.29, 1.82) is 0 Å². The van der Waals surface area contributed by atoms with Gasteiger partial charge in [0.15, 0.2) is 6.61 Å². The first kappa shape index (κ1) is 16.9. The van der Waals surface area contributed by atoms with E-state index in [1.165, 1.54) is 12.1 Å². The van der Waals surface area contributed by atoms with Gasteiger partial charge < -0.3 is 10.1 Å². The van der Waals surface area contributed by atoms with Gasteiger partial charge in [-0.05, 0) is 24.6 Å². The molecule has 2 rings (SSSR count). The molecule has 4 nitrogen and oxygen atoms in total. The van der Waals surface area contributed by atoms with Crippen LogP contribution in [0.15, 0.2) is 36.7 Å². The molecule has 0 bridgehead atoms. The molecular weight excluding hydrogens is 347 g/mol. The van der Waals surface area contributed by atoms with Crippen molar-refractivity contribution in [3.63, 3.8) is 0 Å². The number of hydrogen-bond acceptors (Lipinski definition) is 3. The fraction of sp³-hybridized carbons (Fsp3) is 0.200. The number of hydrogen-bond donors (Lipinski definition) is 1. The number of carbonyl (C=O) groups is 1. The molecule has 22 heavy (non-hydrogen) atoms. The first-order chi connectivity index (χ1) is 10.5. The molecular formula is C15H13Cl3N2O2. The third kappa shape index (κ3) is 4.50. The lowest BCUT2D eigenvalue weighted by Crippen LogP contribution is -2.31. The Morgan fingerprint density at radius 3 is 2.68 bits per heavy atom. The number of pyridine rings is 1. The molecule has 1 aromatic carbocycles. The van der Waals surface area contributed by atoms with Crippen LogP contribution >= 0.6 is 34.8 Å². The topological polar surface area (TPSA) is 51.2 Å². The predicted molar refractivity (Wildman–Crippen MR) is 87.8 cm³/mol. The maximum Gasteiger partial charge on any atom is 0.258 e. The van der Waals surface area contributed by atoms with E-state index in [9.17, 15) is 4.79 Å². The summed E-state index contributed by atoms with van der Waals surface area (Å²) in [5.41, 5.74) is 0.906. The van der Waals surface area contributed by atoms with E-state index in [0.717, 1.165) is 5.56 Å². The SMILES string of the molecule is CC(NC(=O)COc1cc(Cl)c(Cl)cc1Cl)c1cccnc1. The molecule has 0 saturated heterocycles. The van der Waals surface area contributed by atoms with E-state index >= 15 is 0 Å². The molecule has 0 saturated carbocycles. The van der Waals surface area contributed by atoms with E-state index < -0.39 is 0 Å². The van der Waals surface area contributed by atoms with Gasteiger partial charge in [-0.1, -0.05) is 40.9 Å². The Kier molecular flexibility index (Phi) is 5.89. The number of amides is 1. The minimum atomic E-state index is -0.279. The third-order valence-electron chi connectivity index (χ3n) is 2.90. The summed E-state index contributed by atoms with van der Waals surface area (Å²) in [7, 11) is 0. The summed E-state index contributed by atoms with van der Waals surface area (Å²) < 4.78 is 5.37. The highest BCUT2D eigenvalue weighted by molar-refractivity contribution is 6.43. The normalized spacial score (nSPS) is 11.8. The predicted octanol–water partition coefficient (Wildman–Crippen LogP) is 4.30. The number of benzene rings is 1. The Hall–Kier alpha value is -1.49. The lowest BCUT2D eigenvalue weighted by molar-refractivity contribution is -0.123. The van der Waals surface area contributed by atoms with E-state index in [4.69, 9.17) is 39.5 Å². The van der Waals surface area contributed by atoms with E-state index in [2.05, 4.69) is 10.3 Å². The minimum absolute atomic E-state index is 0.172. The zero-order chi connectivity index (χ0) is 16.1. The van der Waals surface area contributed by atoms with E-state index in [-0.39, 0.29) is 18.6 Å². The number of halogens is 3. The molecule has 0 fully saturated rings. The van der Waals surface area contributed by atoms with Crippen molar-refractivity contribution in [3.05, 3.63) is 57.3 Å². The van der Waals surface area contributed by atoms with Gasteiger partial charge in [0, 0.05) is 18.5 Å². The van der Waals surface area contributed by atoms with Gasteiger partial charge in [0.1, 0.15) is 5.75 Å². The summed E-state index contributed by atoms with van der Waals surface area (Å²) >= 11 is 17.7. The van der Waals surface area contributed by atoms with Crippen molar-refractivity contribution in [2.24, 2.45) is 0 Å². The van der Waals surface area contributed by atoms with Crippen LogP contribution in [-0.4, -0.2) is 17.5 Å². The van der Waals surface area contributed by atoms with Gasteiger partial charge in [-0.3, -0.25) is 9.78 Å². The largest absolute Gasteiger partial charge is 0.482 e. The standard InChI is InChI=1S/C15H13Cl3N2O2/c1-9(10-3-2-4-19-7-10)20-15(21)8-22-14-6-12(17)11(16)5-13(14)18/h2-7,9H,8H2,1H3,(H,20,21). The molecule has 0 aliphatic rings. The zero-order valence-corrected chi connectivity index (χ0v) is 13.9. The summed E-state index contributed by atoms with van der Waals surface area (Å²) in [5.74, 6) is 0.0266. The van der Waals surface area contributed by atoms with Crippen molar-refractivity contribution in [1.82, 2.24) is 10.3 Å². The first-order valence-electron chi connectivity index (χ1n) is 6.44. The number of nitrogens with one attached hydrogen (secondary N) is 1. The number of aromatic nitrogens is 1. The molecule has 1 N–H and O–H groups in total. The molecule has 0 spiro atoms. The van der Waals surface area contributed by atoms with E-state index in [1.54, 1.807) is 12.4 Å². The van der Waals surface area contributed by atoms with Gasteiger partial charge >= 0.3 is 0 Å². The summed E-state index contributed by atoms with van der Waals surface area (Å²) in [4.78, 5) is 15.9. The number of carbonyl (C=O) groups excluding carboxylic acids is 1. The van der Waals surface area contributed by atoms with Crippen LogP contribution in [0.1, 0.15) is 18.5 Å². The van der Waals surface area contributed by atoms with Crippen LogP contribution in [0.25, 0.3) is 0 Å². The monoisotopic (exact) mass is 358 g/mol. The van der Waals surface area contributed by atoms with Crippen LogP contribution < -0.4 is 10.1 Å². The Morgan fingerprint density at radius 2 is 2.00 bits per heavy atom. The quantitative estimate of drug-likeness (QED) is 0.810. The lowest BCUT2D eigenvalue weighted by atomic mass is 10.1. The molecule has 1 heterocycles. The second kappa shape index (κ2) is 7.68. The first-order valence-corrected chi connectivity index (χ1v) is 7.57. The van der Waals surface area contributed by atoms with Crippen LogP contribution in [0.3, 0.4) is 0 Å². The van der Waals surface area contributed by atoms with Gasteiger partial charge in [-0.2, -0.15) is 0 Å². The minimum Gasteiger partial charge on any atom is -0.482 e. The molecule has 0 aliphatic carbocycles. The molecule has 0 aliphatic heterocycles. The van der Waals surface area contributed by atoms with Gasteiger partial charge in [0.25, 0.3) is 5.91 Å². The lowest BCUT2D eigenvalue weighted by Gasteiger charge is -2.14. The molecule has 1 aromatic heterocycles.